The van der Waals surface area contributed by atoms with Crippen molar-refractivity contribution in [1.29, 1.82) is 0 Å². The molecule has 0 atom stereocenters. The molecule has 1 fully saturated rings. The third-order valence-electron chi connectivity index (χ3n) is 2.29. The Morgan fingerprint density at radius 3 is 2.53 bits per heavy atom. The summed E-state index contributed by atoms with van der Waals surface area (Å²) < 4.78 is 5.12. The van der Waals surface area contributed by atoms with Crippen LogP contribution >= 0.6 is 12.2 Å². The van der Waals surface area contributed by atoms with Crippen molar-refractivity contribution in [3.8, 4) is 5.75 Å². The maximum Gasteiger partial charge on any atom is 0.273 e. The summed E-state index contributed by atoms with van der Waals surface area (Å²) in [5.74, 6) is -0.272. The Kier molecular flexibility index (Phi) is 3.76. The molecule has 0 aromatic heterocycles. The molecule has 1 aliphatic rings. The van der Waals surface area contributed by atoms with Gasteiger partial charge in [0.15, 0.2) is 11.7 Å². The number of hydrogen-bond acceptors (Lipinski definition) is 4. The lowest BCUT2D eigenvalue weighted by Gasteiger charge is -2.03. The van der Waals surface area contributed by atoms with Crippen LogP contribution in [0.4, 0.5) is 0 Å². The van der Waals surface area contributed by atoms with Crippen LogP contribution in [0, 0.1) is 0 Å². The molecule has 2 amide bonds. The van der Waals surface area contributed by atoms with E-state index >= 15 is 0 Å². The number of primary amides is 1. The van der Waals surface area contributed by atoms with E-state index in [1.54, 1.807) is 30.3 Å². The van der Waals surface area contributed by atoms with E-state index in [9.17, 15) is 9.59 Å². The molecule has 0 saturated carbocycles. The number of thiocarbonyl (C=S) groups is 1. The fraction of sp³-hybridized carbons (Fsp3) is 0.0833. The highest BCUT2D eigenvalue weighted by Crippen LogP contribution is 2.14. The zero-order chi connectivity index (χ0) is 13.8. The van der Waals surface area contributed by atoms with Crippen LogP contribution in [0.3, 0.4) is 0 Å². The van der Waals surface area contributed by atoms with Crippen molar-refractivity contribution in [3.05, 3.63) is 35.5 Å². The molecule has 0 unspecified atom stereocenters. The van der Waals surface area contributed by atoms with Gasteiger partial charge >= 0.3 is 0 Å². The van der Waals surface area contributed by atoms with Crippen LogP contribution in [0.5, 0.6) is 5.75 Å². The van der Waals surface area contributed by atoms with Crippen LogP contribution in [0.15, 0.2) is 30.0 Å². The maximum atomic E-state index is 11.4. The Bertz CT molecular complexity index is 566. The second-order valence-corrected chi connectivity index (χ2v) is 4.20. The number of nitrogens with one attached hydrogen (secondary N) is 2. The minimum Gasteiger partial charge on any atom is -0.484 e. The predicted octanol–water partition coefficient (Wildman–Crippen LogP) is -0.104. The summed E-state index contributed by atoms with van der Waals surface area (Å²) >= 11 is 4.82. The van der Waals surface area contributed by atoms with Crippen molar-refractivity contribution in [2.75, 3.05) is 6.61 Å². The molecule has 6 nitrogen and oxygen atoms in total. The van der Waals surface area contributed by atoms with Gasteiger partial charge in [0.1, 0.15) is 11.4 Å². The average Bonchev–Trinajstić information content (AvgIpc) is 2.67. The number of rotatable bonds is 4. The molecule has 1 heterocycles. The van der Waals surface area contributed by atoms with Gasteiger partial charge in [-0.3, -0.25) is 14.9 Å². The van der Waals surface area contributed by atoms with Crippen LogP contribution in [0.1, 0.15) is 5.56 Å². The Balaban J connectivity index is 2.06. The fourth-order valence-electron chi connectivity index (χ4n) is 1.46. The van der Waals surface area contributed by atoms with Gasteiger partial charge in [-0.05, 0) is 36.0 Å². The number of carbonyl (C=O) groups excluding carboxylic acids is 2. The van der Waals surface area contributed by atoms with E-state index in [4.69, 9.17) is 22.7 Å². The first kappa shape index (κ1) is 13.0. The predicted molar refractivity (Wildman–Crippen MR) is 73.0 cm³/mol. The molecule has 1 saturated heterocycles. The molecule has 0 spiro atoms. The first-order valence-electron chi connectivity index (χ1n) is 5.40. The second kappa shape index (κ2) is 5.49. The summed E-state index contributed by atoms with van der Waals surface area (Å²) in [7, 11) is 0. The Hall–Kier alpha value is -2.41. The van der Waals surface area contributed by atoms with Gasteiger partial charge in [0.25, 0.3) is 11.8 Å². The van der Waals surface area contributed by atoms with Crippen LogP contribution in [-0.2, 0) is 9.59 Å². The lowest BCUT2D eigenvalue weighted by molar-refractivity contribution is -0.120. The molecule has 4 N–H and O–H groups in total. The van der Waals surface area contributed by atoms with E-state index in [-0.39, 0.29) is 17.6 Å². The van der Waals surface area contributed by atoms with Crippen LogP contribution < -0.4 is 21.1 Å². The molecule has 1 aliphatic heterocycles. The number of carbonyl (C=O) groups is 2. The molecule has 1 aromatic rings. The molecule has 0 aliphatic carbocycles. The Morgan fingerprint density at radius 1 is 1.32 bits per heavy atom. The SMILES string of the molecule is NC(=O)COc1ccc(/C=C2\NC(=S)NC2=O)cc1. The number of ether oxygens (including phenoxy) is 1. The first-order chi connectivity index (χ1) is 9.04. The van der Waals surface area contributed by atoms with Gasteiger partial charge in [-0.15, -0.1) is 0 Å². The van der Waals surface area contributed by atoms with E-state index in [1.807, 2.05) is 0 Å². The van der Waals surface area contributed by atoms with Crippen molar-refractivity contribution >= 4 is 35.2 Å². The molecule has 1 aromatic carbocycles. The summed E-state index contributed by atoms with van der Waals surface area (Å²) in [5, 5.41) is 5.50. The van der Waals surface area contributed by atoms with Crippen LogP contribution in [0.25, 0.3) is 6.08 Å². The maximum absolute atomic E-state index is 11.4. The minimum absolute atomic E-state index is 0.168. The van der Waals surface area contributed by atoms with E-state index in [2.05, 4.69) is 10.6 Å². The standard InChI is InChI=1S/C12H11N3O3S/c13-10(16)6-18-8-3-1-7(2-4-8)5-9-11(17)15-12(19)14-9/h1-5H,6H2,(H2,13,16)(H2,14,15,17,19)/b9-5-. The Labute approximate surface area is 114 Å². The van der Waals surface area contributed by atoms with Gasteiger partial charge in [0.2, 0.25) is 0 Å². The first-order valence-corrected chi connectivity index (χ1v) is 5.80. The van der Waals surface area contributed by atoms with E-state index in [0.29, 0.717) is 11.4 Å². The van der Waals surface area contributed by atoms with Gasteiger partial charge in [0.05, 0.1) is 0 Å². The van der Waals surface area contributed by atoms with Crippen molar-refractivity contribution in [3.63, 3.8) is 0 Å². The molecule has 0 bridgehead atoms. The van der Waals surface area contributed by atoms with E-state index < -0.39 is 5.91 Å². The minimum atomic E-state index is -0.536. The average molecular weight is 277 g/mol. The van der Waals surface area contributed by atoms with Crippen molar-refractivity contribution < 1.29 is 14.3 Å². The van der Waals surface area contributed by atoms with E-state index in [1.165, 1.54) is 0 Å². The largest absolute Gasteiger partial charge is 0.484 e. The fourth-order valence-corrected chi connectivity index (χ4v) is 1.67. The van der Waals surface area contributed by atoms with Crippen molar-refractivity contribution in [2.24, 2.45) is 5.73 Å². The Morgan fingerprint density at radius 2 is 2.00 bits per heavy atom. The van der Waals surface area contributed by atoms with Crippen molar-refractivity contribution in [1.82, 2.24) is 10.6 Å². The lowest BCUT2D eigenvalue weighted by Crippen LogP contribution is -2.21. The van der Waals surface area contributed by atoms with Crippen molar-refractivity contribution in [2.45, 2.75) is 0 Å². The van der Waals surface area contributed by atoms with Gasteiger partial charge in [-0.2, -0.15) is 0 Å². The third kappa shape index (κ3) is 3.52. The van der Waals surface area contributed by atoms with Crippen LogP contribution in [-0.4, -0.2) is 23.5 Å². The molecule has 7 heteroatoms. The number of benzene rings is 1. The second-order valence-electron chi connectivity index (χ2n) is 3.79. The molecular weight excluding hydrogens is 266 g/mol. The molecular formula is C12H11N3O3S. The van der Waals surface area contributed by atoms with E-state index in [0.717, 1.165) is 5.56 Å². The van der Waals surface area contributed by atoms with Gasteiger partial charge in [-0.25, -0.2) is 0 Å². The summed E-state index contributed by atoms with van der Waals surface area (Å²) in [5.41, 5.74) is 6.15. The quantitative estimate of drug-likeness (QED) is 0.527. The summed E-state index contributed by atoms with van der Waals surface area (Å²) in [4.78, 5) is 22.0. The highest BCUT2D eigenvalue weighted by atomic mass is 32.1. The third-order valence-corrected chi connectivity index (χ3v) is 2.50. The summed E-state index contributed by atoms with van der Waals surface area (Å²) in [6.07, 6.45) is 1.66. The molecule has 98 valence electrons. The highest BCUT2D eigenvalue weighted by Gasteiger charge is 2.19. The smallest absolute Gasteiger partial charge is 0.273 e. The topological polar surface area (TPSA) is 93.5 Å². The molecule has 0 radical (unpaired) electrons. The summed E-state index contributed by atoms with van der Waals surface area (Å²) in [6.45, 7) is -0.168. The van der Waals surface area contributed by atoms with Gasteiger partial charge in [0, 0.05) is 0 Å². The highest BCUT2D eigenvalue weighted by molar-refractivity contribution is 7.80. The molecule has 19 heavy (non-hydrogen) atoms. The lowest BCUT2D eigenvalue weighted by atomic mass is 10.2. The van der Waals surface area contributed by atoms with Crippen LogP contribution in [0.2, 0.25) is 0 Å². The number of nitrogens with two attached hydrogens (primary N) is 1. The number of amides is 2. The normalized spacial score (nSPS) is 16.1. The monoisotopic (exact) mass is 277 g/mol. The van der Waals surface area contributed by atoms with Gasteiger partial charge < -0.3 is 15.8 Å². The zero-order valence-corrected chi connectivity index (χ0v) is 10.6. The number of hydrogen-bond donors (Lipinski definition) is 3. The zero-order valence-electron chi connectivity index (χ0n) is 9.80. The summed E-state index contributed by atoms with van der Waals surface area (Å²) in [6, 6.07) is 6.86. The van der Waals surface area contributed by atoms with Gasteiger partial charge in [-0.1, -0.05) is 12.1 Å². The molecule has 2 rings (SSSR count).